The van der Waals surface area contributed by atoms with Gasteiger partial charge in [-0.1, -0.05) is 18.2 Å². The lowest BCUT2D eigenvalue weighted by Gasteiger charge is -1.83. The van der Waals surface area contributed by atoms with Gasteiger partial charge in [0.25, 0.3) is 0 Å². The average molecular weight is 126 g/mol. The Bertz CT molecular complexity index is 279. The summed E-state index contributed by atoms with van der Waals surface area (Å²) in [5, 5.41) is 1.28. The summed E-state index contributed by atoms with van der Waals surface area (Å²) in [6.45, 7) is 0. The molecule has 1 N–H and O–H groups in total. The molecule has 0 radical (unpaired) electrons. The average Bonchev–Trinajstić information content (AvgIpc) is 2.33. The fourth-order valence-corrected chi connectivity index (χ4v) is 0.995. The molecule has 9 heavy (non-hydrogen) atoms. The number of H-pyrrole nitrogens is 1. The second kappa shape index (κ2) is 1.62. The van der Waals surface area contributed by atoms with E-state index in [0.717, 1.165) is 0 Å². The van der Waals surface area contributed by atoms with Gasteiger partial charge in [-0.2, -0.15) is 0 Å². The van der Waals surface area contributed by atoms with E-state index >= 15 is 0 Å². The highest BCUT2D eigenvalue weighted by Gasteiger charge is 1.86. The van der Waals surface area contributed by atoms with Gasteiger partial charge in [-0.3, -0.25) is 0 Å². The molecule has 0 aliphatic rings. The number of aromatic amines is 1. The van der Waals surface area contributed by atoms with Crippen LogP contribution in [0.2, 0.25) is 0 Å². The Labute approximate surface area is 53.3 Å². The lowest BCUT2D eigenvalue weighted by molar-refractivity contribution is 1.48. The highest BCUT2D eigenvalue weighted by molar-refractivity contribution is 5.78. The van der Waals surface area contributed by atoms with Crippen LogP contribution in [-0.4, -0.2) is 4.98 Å². The van der Waals surface area contributed by atoms with E-state index in [4.69, 9.17) is 0 Å². The van der Waals surface area contributed by atoms with Crippen LogP contribution >= 0.6 is 0 Å². The molecule has 1 heteroatoms. The van der Waals surface area contributed by atoms with Gasteiger partial charge in [-0.25, -0.2) is 0 Å². The molecule has 0 bridgehead atoms. The van der Waals surface area contributed by atoms with E-state index in [1.165, 1.54) is 10.9 Å². The topological polar surface area (TPSA) is 15.8 Å². The maximum Gasteiger partial charge on any atom is 0.0453 e. The van der Waals surface area contributed by atoms with Crippen molar-refractivity contribution >= 4 is 10.9 Å². The SMILES string of the molecule is [13cH]1[13cH][13cH][13c]2[15nH][13cH][13cH][13c]2[13cH]1. The van der Waals surface area contributed by atoms with Gasteiger partial charge in [-0.05, 0) is 17.5 Å². The molecule has 0 aliphatic heterocycles. The zero-order valence-electron chi connectivity index (χ0n) is 4.96. The molecule has 0 atom stereocenters. The van der Waals surface area contributed by atoms with Crippen LogP contribution in [0.4, 0.5) is 0 Å². The first-order valence-electron chi connectivity index (χ1n) is 2.99. The van der Waals surface area contributed by atoms with Gasteiger partial charge in [-0.15, -0.1) is 0 Å². The molecule has 44 valence electrons. The second-order valence-corrected chi connectivity index (χ2v) is 2.06. The summed E-state index contributed by atoms with van der Waals surface area (Å²) < 4.78 is 0. The third kappa shape index (κ3) is 0.617. The molecule has 0 aliphatic carbocycles. The first kappa shape index (κ1) is 4.62. The molecular formula is C8H7N. The van der Waals surface area contributed by atoms with Crippen molar-refractivity contribution in [2.75, 3.05) is 0 Å². The predicted molar refractivity (Wildman–Crippen MR) is 38.3 cm³/mol. The fraction of sp³-hybridized carbons (Fsp3) is 0. The van der Waals surface area contributed by atoms with E-state index in [2.05, 4.69) is 23.2 Å². The highest BCUT2D eigenvalue weighted by Crippen LogP contribution is 2.09. The molecule has 1 aromatic heterocycles. The Hall–Kier alpha value is -1.24. The van der Waals surface area contributed by atoms with Crippen LogP contribution in [0, 0.1) is 0 Å². The van der Waals surface area contributed by atoms with Crippen molar-refractivity contribution in [3.63, 3.8) is 0 Å². The number of aromatic nitrogens is 1. The lowest BCUT2D eigenvalue weighted by atomic mass is 11.2. The van der Waals surface area contributed by atoms with E-state index in [1.807, 2.05) is 18.3 Å². The van der Waals surface area contributed by atoms with Gasteiger partial charge >= 0.3 is 0 Å². The van der Waals surface area contributed by atoms with Crippen LogP contribution in [0.3, 0.4) is 0 Å². The summed E-state index contributed by atoms with van der Waals surface area (Å²) in [6, 6.07) is 10.3. The quantitative estimate of drug-likeness (QED) is 0.556. The Morgan fingerprint density at radius 1 is 1.00 bits per heavy atom. The number of nitrogens with one attached hydrogen (secondary N) is 1. The van der Waals surface area contributed by atoms with E-state index in [0.29, 0.717) is 0 Å². The number of hydrogen-bond acceptors (Lipinski definition) is 0. The first-order valence-corrected chi connectivity index (χ1v) is 2.99. The van der Waals surface area contributed by atoms with Crippen LogP contribution in [0.15, 0.2) is 36.5 Å². The van der Waals surface area contributed by atoms with Crippen LogP contribution in [-0.2, 0) is 0 Å². The van der Waals surface area contributed by atoms with Crippen molar-refractivity contribution in [2.24, 2.45) is 0 Å². The van der Waals surface area contributed by atoms with Crippen molar-refractivity contribution in [2.45, 2.75) is 0 Å². The maximum absolute atomic E-state index is 3.12. The van der Waals surface area contributed by atoms with Crippen molar-refractivity contribution in [1.29, 1.82) is 0 Å². The van der Waals surface area contributed by atoms with Gasteiger partial charge < -0.3 is 4.98 Å². The lowest BCUT2D eigenvalue weighted by Crippen LogP contribution is -1.61. The smallest absolute Gasteiger partial charge is 0.0453 e. The number of benzene rings is 1. The van der Waals surface area contributed by atoms with Crippen molar-refractivity contribution in [3.05, 3.63) is 36.5 Å². The third-order valence-corrected chi connectivity index (χ3v) is 1.46. The molecule has 1 nitrogen and oxygen atoms in total. The number of hydrogen-bond donors (Lipinski definition) is 1. The second-order valence-electron chi connectivity index (χ2n) is 2.06. The van der Waals surface area contributed by atoms with Gasteiger partial charge in [0, 0.05) is 11.7 Å². The molecule has 0 fully saturated rings. The molecule has 1 aromatic carbocycles. The molecule has 0 saturated heterocycles. The van der Waals surface area contributed by atoms with E-state index in [1.54, 1.807) is 0 Å². The molecular weight excluding hydrogens is 119 g/mol. The van der Waals surface area contributed by atoms with Gasteiger partial charge in [0.15, 0.2) is 0 Å². The third-order valence-electron chi connectivity index (χ3n) is 1.46. The summed E-state index contributed by atoms with van der Waals surface area (Å²) in [5.74, 6) is 0. The maximum atomic E-state index is 3.12. The zero-order valence-corrected chi connectivity index (χ0v) is 4.96. The zero-order chi connectivity index (χ0) is 6.10. The summed E-state index contributed by atoms with van der Waals surface area (Å²) in [4.78, 5) is 3.12. The Morgan fingerprint density at radius 2 is 1.89 bits per heavy atom. The first-order chi connectivity index (χ1) is 4.47. The van der Waals surface area contributed by atoms with Crippen molar-refractivity contribution in [1.82, 2.24) is 4.98 Å². The van der Waals surface area contributed by atoms with Crippen LogP contribution < -0.4 is 0 Å². The van der Waals surface area contributed by atoms with Gasteiger partial charge in [0.2, 0.25) is 0 Å². The van der Waals surface area contributed by atoms with Crippen molar-refractivity contribution < 1.29 is 0 Å². The van der Waals surface area contributed by atoms with Crippen molar-refractivity contribution in [3.8, 4) is 0 Å². The number of para-hydroxylation sites is 1. The molecule has 0 unspecified atom stereocenters. The minimum absolute atomic E-state index is 1.21. The largest absolute Gasteiger partial charge is 0.361 e. The minimum Gasteiger partial charge on any atom is -0.361 e. The van der Waals surface area contributed by atoms with Gasteiger partial charge in [0.05, 0.1) is 0 Å². The standard InChI is InChI=1S/C8H7N/c1-2-4-8-7(3-1)5-6-9-8/h1-6,9H/i1+1,2+1,3+1,4+1,5+1,6+1,7+1,8+1,9+1. The Balaban J connectivity index is 2.95. The molecule has 0 spiro atoms. The van der Waals surface area contributed by atoms with Crippen LogP contribution in [0.5, 0.6) is 0 Å². The Kier molecular flexibility index (Phi) is 0.833. The number of fused-ring (bicyclic) bond motifs is 1. The molecule has 1 heterocycles. The van der Waals surface area contributed by atoms with Gasteiger partial charge in [0.1, 0.15) is 0 Å². The summed E-state index contributed by atoms with van der Waals surface area (Å²) in [7, 11) is 0. The predicted octanol–water partition coefficient (Wildman–Crippen LogP) is 2.17. The fourth-order valence-electron chi connectivity index (χ4n) is 0.995. The highest BCUT2D eigenvalue weighted by atomic mass is 15.6. The monoisotopic (exact) mass is 126 g/mol. The van der Waals surface area contributed by atoms with E-state index in [9.17, 15) is 0 Å². The van der Waals surface area contributed by atoms with E-state index < -0.39 is 0 Å². The Morgan fingerprint density at radius 3 is 2.78 bits per heavy atom. The summed E-state index contributed by atoms with van der Waals surface area (Å²) in [6.07, 6.45) is 1.95. The molecule has 0 saturated carbocycles. The summed E-state index contributed by atoms with van der Waals surface area (Å²) >= 11 is 0. The molecule has 2 aromatic rings. The van der Waals surface area contributed by atoms with E-state index in [-0.39, 0.29) is 0 Å². The molecule has 0 amide bonds. The minimum atomic E-state index is 1.21. The number of rotatable bonds is 0. The van der Waals surface area contributed by atoms with Crippen LogP contribution in [0.1, 0.15) is 0 Å². The normalized spacial score (nSPS) is 10.2. The van der Waals surface area contributed by atoms with Crippen LogP contribution in [0.25, 0.3) is 10.9 Å². The summed E-state index contributed by atoms with van der Waals surface area (Å²) in [5.41, 5.74) is 1.21. The molecule has 2 rings (SSSR count).